The third-order valence-electron chi connectivity index (χ3n) is 9.42. The van der Waals surface area contributed by atoms with Gasteiger partial charge in [0.2, 0.25) is 11.9 Å². The van der Waals surface area contributed by atoms with Crippen molar-refractivity contribution in [1.82, 2.24) is 30.4 Å². The molecule has 0 spiro atoms. The lowest BCUT2D eigenvalue weighted by Gasteiger charge is -2.39. The van der Waals surface area contributed by atoms with Gasteiger partial charge in [-0.15, -0.1) is 0 Å². The monoisotopic (exact) mass is 687 g/mol. The van der Waals surface area contributed by atoms with Gasteiger partial charge in [-0.25, -0.2) is 9.97 Å². The van der Waals surface area contributed by atoms with Crippen molar-refractivity contribution in [3.8, 4) is 23.0 Å². The lowest BCUT2D eigenvalue weighted by molar-refractivity contribution is -0.125. The number of methoxy groups -OCH3 is 2. The Morgan fingerprint density at radius 1 is 0.960 bits per heavy atom. The first kappa shape index (κ1) is 34.7. The van der Waals surface area contributed by atoms with Gasteiger partial charge < -0.3 is 44.3 Å². The number of amides is 3. The van der Waals surface area contributed by atoms with Crippen LogP contribution in [0.3, 0.4) is 0 Å². The van der Waals surface area contributed by atoms with Gasteiger partial charge >= 0.3 is 0 Å². The highest BCUT2D eigenvalue weighted by Gasteiger charge is 2.35. The zero-order valence-electron chi connectivity index (χ0n) is 29.1. The number of fused-ring (bicyclic) bond motifs is 9. The number of aryl methyl sites for hydroxylation is 2. The predicted octanol–water partition coefficient (Wildman–Crippen LogP) is 1.97. The maximum Gasteiger partial charge on any atom is 0.258 e. The molecular weight excluding hydrogens is 642 g/mol. The Morgan fingerprint density at radius 3 is 2.52 bits per heavy atom. The molecule has 3 amide bonds. The molecule has 7 rings (SSSR count). The zero-order chi connectivity index (χ0) is 35.2. The largest absolute Gasteiger partial charge is 0.496 e. The van der Waals surface area contributed by atoms with Crippen molar-refractivity contribution in [2.75, 3.05) is 72.0 Å². The number of nitrogens with zero attached hydrogens (tertiary/aromatic N) is 5. The summed E-state index contributed by atoms with van der Waals surface area (Å²) < 4.78 is 23.5. The van der Waals surface area contributed by atoms with Gasteiger partial charge in [0.1, 0.15) is 17.6 Å². The molecule has 2 atom stereocenters. The molecule has 4 bridgehead atoms. The summed E-state index contributed by atoms with van der Waals surface area (Å²) in [4.78, 5) is 55.3. The van der Waals surface area contributed by atoms with E-state index in [4.69, 9.17) is 23.9 Å². The average molecular weight is 688 g/mol. The number of carbonyl (C=O) groups is 3. The van der Waals surface area contributed by atoms with E-state index >= 15 is 0 Å². The molecule has 2 fully saturated rings. The second-order valence-corrected chi connectivity index (χ2v) is 12.9. The molecule has 4 aliphatic rings. The number of likely N-dealkylation sites (N-methyl/N-ethyl adjacent to an activating group) is 1. The fourth-order valence-corrected chi connectivity index (χ4v) is 6.43. The number of hydrogen-bond acceptors (Lipinski definition) is 11. The molecular formula is C36H45N7O7. The molecule has 50 heavy (non-hydrogen) atoms. The smallest absolute Gasteiger partial charge is 0.258 e. The first-order valence-electron chi connectivity index (χ1n) is 17.0. The normalized spacial score (nSPS) is 20.6. The van der Waals surface area contributed by atoms with Crippen LogP contribution >= 0.6 is 0 Å². The SMILES string of the molecule is COc1cc2ccc1CNC(=O)CCc1ccc(OC)c(c1)OCC(=O)N[C@@H]1CN(C(=O)c3cnc(N4CCN(C)CC4)nc3C)CC[C@@H]1O2. The van der Waals surface area contributed by atoms with Crippen molar-refractivity contribution >= 4 is 23.7 Å². The number of ether oxygens (including phenoxy) is 4. The van der Waals surface area contributed by atoms with E-state index in [1.165, 1.54) is 7.11 Å². The van der Waals surface area contributed by atoms with E-state index in [1.54, 1.807) is 36.4 Å². The van der Waals surface area contributed by atoms with Crippen molar-refractivity contribution in [2.45, 2.75) is 44.9 Å². The molecule has 0 saturated carbocycles. The number of anilines is 1. The van der Waals surface area contributed by atoms with Crippen LogP contribution in [0.5, 0.6) is 23.0 Å². The number of piperidine rings is 1. The van der Waals surface area contributed by atoms with Crippen LogP contribution in [-0.4, -0.2) is 117 Å². The summed E-state index contributed by atoms with van der Waals surface area (Å²) in [6, 6.07) is 10.3. The van der Waals surface area contributed by atoms with E-state index in [1.807, 2.05) is 25.1 Å². The van der Waals surface area contributed by atoms with Gasteiger partial charge in [-0.2, -0.15) is 0 Å². The summed E-state index contributed by atoms with van der Waals surface area (Å²) in [7, 11) is 5.19. The minimum absolute atomic E-state index is 0.111. The van der Waals surface area contributed by atoms with Crippen LogP contribution in [0, 0.1) is 6.92 Å². The summed E-state index contributed by atoms with van der Waals surface area (Å²) in [5, 5.41) is 6.02. The highest BCUT2D eigenvalue weighted by atomic mass is 16.5. The van der Waals surface area contributed by atoms with E-state index in [2.05, 4.69) is 32.5 Å². The summed E-state index contributed by atoms with van der Waals surface area (Å²) in [6.45, 7) is 5.93. The molecule has 5 heterocycles. The predicted molar refractivity (Wildman–Crippen MR) is 185 cm³/mol. The fourth-order valence-electron chi connectivity index (χ4n) is 6.43. The first-order chi connectivity index (χ1) is 24.2. The summed E-state index contributed by atoms with van der Waals surface area (Å²) >= 11 is 0. The van der Waals surface area contributed by atoms with E-state index in [-0.39, 0.29) is 43.8 Å². The Bertz CT molecular complexity index is 1710. The van der Waals surface area contributed by atoms with Crippen LogP contribution in [0.2, 0.25) is 0 Å². The second kappa shape index (κ2) is 15.6. The molecule has 0 radical (unpaired) electrons. The number of benzene rings is 2. The molecule has 2 N–H and O–H groups in total. The lowest BCUT2D eigenvalue weighted by atomic mass is 10.0. The van der Waals surface area contributed by atoms with E-state index in [0.717, 1.165) is 37.3 Å². The van der Waals surface area contributed by atoms with Gasteiger partial charge in [0.25, 0.3) is 11.8 Å². The molecule has 4 aliphatic heterocycles. The van der Waals surface area contributed by atoms with Crippen LogP contribution in [0.15, 0.2) is 42.6 Å². The summed E-state index contributed by atoms with van der Waals surface area (Å²) in [5.74, 6) is 1.89. The van der Waals surface area contributed by atoms with Crippen LogP contribution < -0.4 is 34.5 Å². The molecule has 14 heteroatoms. The number of aromatic nitrogens is 2. The summed E-state index contributed by atoms with van der Waals surface area (Å²) in [5.41, 5.74) is 2.69. The molecule has 266 valence electrons. The number of rotatable bonds is 4. The molecule has 0 aliphatic carbocycles. The molecule has 1 aromatic heterocycles. The van der Waals surface area contributed by atoms with Crippen molar-refractivity contribution in [1.29, 1.82) is 0 Å². The van der Waals surface area contributed by atoms with E-state index in [0.29, 0.717) is 59.6 Å². The van der Waals surface area contributed by atoms with E-state index < -0.39 is 12.1 Å². The Labute approximate surface area is 292 Å². The topological polar surface area (TPSA) is 148 Å². The van der Waals surface area contributed by atoms with Gasteiger partial charge in [-0.1, -0.05) is 6.07 Å². The molecule has 14 nitrogen and oxygen atoms in total. The molecule has 2 saturated heterocycles. The third-order valence-corrected chi connectivity index (χ3v) is 9.42. The Kier molecular flexibility index (Phi) is 10.9. The Morgan fingerprint density at radius 2 is 1.76 bits per heavy atom. The number of piperazine rings is 1. The average Bonchev–Trinajstić information content (AvgIpc) is 3.12. The molecule has 2 aromatic carbocycles. The second-order valence-electron chi connectivity index (χ2n) is 12.9. The quantitative estimate of drug-likeness (QED) is 0.415. The standard InChI is InChI=1S/C36H45N7O7/c1-23-27(20-38-36(39-23)42-15-13-41(2)14-16-42)35(46)43-12-11-29-28(21-43)40-34(45)22-49-32-17-24(5-9-30(32)47-3)6-10-33(44)37-19-25-7-8-26(50-29)18-31(25)48-4/h5,7-9,17-18,20,28-29H,6,10-16,19,21-22H2,1-4H3,(H,37,44)(H,40,45)/t28-,29+/m1/s1. The van der Waals surface area contributed by atoms with Crippen molar-refractivity contribution in [2.24, 2.45) is 0 Å². The Hall–Kier alpha value is -5.11. The fraction of sp³-hybridized carbons (Fsp3) is 0.472. The van der Waals surface area contributed by atoms with E-state index in [9.17, 15) is 14.4 Å². The minimum Gasteiger partial charge on any atom is -0.496 e. The highest BCUT2D eigenvalue weighted by molar-refractivity contribution is 5.95. The van der Waals surface area contributed by atoms with Crippen LogP contribution in [-0.2, 0) is 22.6 Å². The third kappa shape index (κ3) is 8.19. The lowest BCUT2D eigenvalue weighted by Crippen LogP contribution is -2.58. The Balaban J connectivity index is 1.23. The van der Waals surface area contributed by atoms with Crippen LogP contribution in [0.1, 0.15) is 40.0 Å². The van der Waals surface area contributed by atoms with Gasteiger partial charge in [-0.05, 0) is 50.2 Å². The number of likely N-dealkylation sites (tertiary alicyclic amines) is 1. The number of hydrogen-bond donors (Lipinski definition) is 2. The number of nitrogens with one attached hydrogen (secondary N) is 2. The molecule has 0 unspecified atom stereocenters. The first-order valence-corrected chi connectivity index (χ1v) is 17.0. The highest BCUT2D eigenvalue weighted by Crippen LogP contribution is 2.30. The maximum atomic E-state index is 13.9. The van der Waals surface area contributed by atoms with Crippen LogP contribution in [0.25, 0.3) is 0 Å². The van der Waals surface area contributed by atoms with Crippen molar-refractivity contribution < 1.29 is 33.3 Å². The van der Waals surface area contributed by atoms with Crippen LogP contribution in [0.4, 0.5) is 5.95 Å². The maximum absolute atomic E-state index is 13.9. The van der Waals surface area contributed by atoms with Gasteiger partial charge in [-0.3, -0.25) is 14.4 Å². The number of carbonyl (C=O) groups excluding carboxylic acids is 3. The summed E-state index contributed by atoms with van der Waals surface area (Å²) in [6.07, 6.45) is 2.33. The zero-order valence-corrected chi connectivity index (χ0v) is 29.1. The van der Waals surface area contributed by atoms with Crippen molar-refractivity contribution in [3.63, 3.8) is 0 Å². The van der Waals surface area contributed by atoms with Crippen molar-refractivity contribution in [3.05, 3.63) is 65.0 Å². The van der Waals surface area contributed by atoms with Gasteiger partial charge in [0.15, 0.2) is 18.1 Å². The van der Waals surface area contributed by atoms with Gasteiger partial charge in [0, 0.05) is 76.5 Å². The van der Waals surface area contributed by atoms with Gasteiger partial charge in [0.05, 0.1) is 31.5 Å². The molecule has 3 aromatic rings. The minimum atomic E-state index is -0.560.